The Labute approximate surface area is 125 Å². The molecule has 0 aliphatic carbocycles. The molecule has 1 N–H and O–H groups in total. The molecule has 0 bridgehead atoms. The average Bonchev–Trinajstić information content (AvgIpc) is 2.38. The highest BCUT2D eigenvalue weighted by atomic mass is 79.9. The molecular formula is C16H25BrN2. The van der Waals surface area contributed by atoms with Crippen molar-refractivity contribution in [2.24, 2.45) is 0 Å². The zero-order valence-corrected chi connectivity index (χ0v) is 13.8. The molecular weight excluding hydrogens is 300 g/mol. The topological polar surface area (TPSA) is 15.3 Å². The molecule has 2 rings (SSSR count). The van der Waals surface area contributed by atoms with Gasteiger partial charge in [0.15, 0.2) is 0 Å². The van der Waals surface area contributed by atoms with E-state index < -0.39 is 0 Å². The first-order valence-electron chi connectivity index (χ1n) is 7.39. The standard InChI is InChI=1S/C16H25BrN2/c1-4-13-10-14(17)7-8-16(13)19-9-5-6-15(11-19)18-12(2)3/h7-8,10,12,15,18H,4-6,9,11H2,1-3H3. The van der Waals surface area contributed by atoms with Crippen molar-refractivity contribution in [2.75, 3.05) is 18.0 Å². The zero-order valence-electron chi connectivity index (χ0n) is 12.2. The fourth-order valence-corrected chi connectivity index (χ4v) is 3.36. The molecule has 1 heterocycles. The van der Waals surface area contributed by atoms with Crippen LogP contribution in [0.4, 0.5) is 5.69 Å². The monoisotopic (exact) mass is 324 g/mol. The van der Waals surface area contributed by atoms with E-state index in [1.54, 1.807) is 0 Å². The predicted molar refractivity (Wildman–Crippen MR) is 87.0 cm³/mol. The summed E-state index contributed by atoms with van der Waals surface area (Å²) in [5.74, 6) is 0. The van der Waals surface area contributed by atoms with E-state index in [4.69, 9.17) is 0 Å². The van der Waals surface area contributed by atoms with Gasteiger partial charge < -0.3 is 10.2 Å². The van der Waals surface area contributed by atoms with Crippen LogP contribution in [0.1, 0.15) is 39.2 Å². The fourth-order valence-electron chi connectivity index (χ4n) is 2.95. The van der Waals surface area contributed by atoms with Gasteiger partial charge in [-0.25, -0.2) is 0 Å². The minimum absolute atomic E-state index is 0.570. The quantitative estimate of drug-likeness (QED) is 0.901. The summed E-state index contributed by atoms with van der Waals surface area (Å²) in [7, 11) is 0. The summed E-state index contributed by atoms with van der Waals surface area (Å²) in [5.41, 5.74) is 2.86. The molecule has 1 saturated heterocycles. The second-order valence-corrected chi connectivity index (χ2v) is 6.65. The van der Waals surface area contributed by atoms with Gasteiger partial charge in [0.1, 0.15) is 0 Å². The second-order valence-electron chi connectivity index (χ2n) is 5.73. The van der Waals surface area contributed by atoms with E-state index in [1.807, 2.05) is 0 Å². The number of piperidine rings is 1. The van der Waals surface area contributed by atoms with Crippen molar-refractivity contribution in [3.8, 4) is 0 Å². The number of halogens is 1. The summed E-state index contributed by atoms with van der Waals surface area (Å²) in [4.78, 5) is 2.55. The van der Waals surface area contributed by atoms with Gasteiger partial charge in [0.25, 0.3) is 0 Å². The highest BCUT2D eigenvalue weighted by Crippen LogP contribution is 2.27. The number of nitrogens with one attached hydrogen (secondary N) is 1. The first-order chi connectivity index (χ1) is 9.10. The first-order valence-corrected chi connectivity index (χ1v) is 8.19. The number of hydrogen-bond acceptors (Lipinski definition) is 2. The van der Waals surface area contributed by atoms with Crippen molar-refractivity contribution >= 4 is 21.6 Å². The lowest BCUT2D eigenvalue weighted by Gasteiger charge is -2.36. The molecule has 1 unspecified atom stereocenters. The molecule has 2 nitrogen and oxygen atoms in total. The van der Waals surface area contributed by atoms with Crippen LogP contribution in [-0.4, -0.2) is 25.2 Å². The molecule has 1 fully saturated rings. The molecule has 0 saturated carbocycles. The molecule has 0 spiro atoms. The molecule has 1 atom stereocenters. The second kappa shape index (κ2) is 6.76. The van der Waals surface area contributed by atoms with Gasteiger partial charge in [-0.2, -0.15) is 0 Å². The molecule has 1 aromatic rings. The lowest BCUT2D eigenvalue weighted by Crippen LogP contribution is -2.48. The fraction of sp³-hybridized carbons (Fsp3) is 0.625. The number of hydrogen-bond donors (Lipinski definition) is 1. The van der Waals surface area contributed by atoms with E-state index in [9.17, 15) is 0 Å². The van der Waals surface area contributed by atoms with Crippen molar-refractivity contribution in [1.29, 1.82) is 0 Å². The highest BCUT2D eigenvalue weighted by Gasteiger charge is 2.21. The van der Waals surface area contributed by atoms with Gasteiger partial charge in [0.2, 0.25) is 0 Å². The van der Waals surface area contributed by atoms with E-state index in [-0.39, 0.29) is 0 Å². The summed E-state index contributed by atoms with van der Waals surface area (Å²) >= 11 is 3.57. The van der Waals surface area contributed by atoms with Gasteiger partial charge in [-0.15, -0.1) is 0 Å². The maximum absolute atomic E-state index is 3.68. The molecule has 0 radical (unpaired) electrons. The molecule has 19 heavy (non-hydrogen) atoms. The van der Waals surface area contributed by atoms with Crippen molar-refractivity contribution < 1.29 is 0 Å². The van der Waals surface area contributed by atoms with Gasteiger partial charge in [0.05, 0.1) is 0 Å². The van der Waals surface area contributed by atoms with Crippen LogP contribution < -0.4 is 10.2 Å². The van der Waals surface area contributed by atoms with Gasteiger partial charge in [-0.05, 0) is 43.0 Å². The molecule has 0 aromatic heterocycles. The Hall–Kier alpha value is -0.540. The van der Waals surface area contributed by atoms with Crippen molar-refractivity contribution in [3.05, 3.63) is 28.2 Å². The van der Waals surface area contributed by atoms with E-state index in [1.165, 1.54) is 35.1 Å². The predicted octanol–water partition coefficient (Wildman–Crippen LogP) is 3.98. The summed E-state index contributed by atoms with van der Waals surface area (Å²) in [6.45, 7) is 9.02. The minimum atomic E-state index is 0.570. The Morgan fingerprint density at radius 3 is 2.89 bits per heavy atom. The zero-order chi connectivity index (χ0) is 13.8. The van der Waals surface area contributed by atoms with Crippen LogP contribution in [0.15, 0.2) is 22.7 Å². The van der Waals surface area contributed by atoms with E-state index >= 15 is 0 Å². The first kappa shape index (κ1) is 14.9. The number of anilines is 1. The summed E-state index contributed by atoms with van der Waals surface area (Å²) in [6, 6.07) is 7.88. The number of nitrogens with zero attached hydrogens (tertiary/aromatic N) is 1. The third-order valence-electron chi connectivity index (χ3n) is 3.75. The van der Waals surface area contributed by atoms with E-state index in [0.29, 0.717) is 12.1 Å². The maximum atomic E-state index is 3.68. The Bertz CT molecular complexity index is 417. The van der Waals surface area contributed by atoms with Gasteiger partial charge in [-0.3, -0.25) is 0 Å². The Morgan fingerprint density at radius 1 is 1.42 bits per heavy atom. The third kappa shape index (κ3) is 3.96. The van der Waals surface area contributed by atoms with Crippen molar-refractivity contribution in [2.45, 2.75) is 52.1 Å². The molecule has 1 aliphatic heterocycles. The lowest BCUT2D eigenvalue weighted by molar-refractivity contribution is 0.394. The molecule has 1 aromatic carbocycles. The van der Waals surface area contributed by atoms with Crippen LogP contribution in [0, 0.1) is 0 Å². The van der Waals surface area contributed by atoms with Crippen LogP contribution in [0.2, 0.25) is 0 Å². The van der Waals surface area contributed by atoms with Gasteiger partial charge in [0, 0.05) is 35.3 Å². The summed E-state index contributed by atoms with van der Waals surface area (Å²) in [6.07, 6.45) is 3.67. The average molecular weight is 325 g/mol. The summed E-state index contributed by atoms with van der Waals surface area (Å²) in [5, 5.41) is 3.68. The largest absolute Gasteiger partial charge is 0.370 e. The lowest BCUT2D eigenvalue weighted by atomic mass is 10.0. The Kier molecular flexibility index (Phi) is 5.28. The Balaban J connectivity index is 2.12. The van der Waals surface area contributed by atoms with Crippen molar-refractivity contribution in [1.82, 2.24) is 5.32 Å². The van der Waals surface area contributed by atoms with Crippen LogP contribution in [0.5, 0.6) is 0 Å². The molecule has 1 aliphatic rings. The normalized spacial score (nSPS) is 20.1. The van der Waals surface area contributed by atoms with Crippen molar-refractivity contribution in [3.63, 3.8) is 0 Å². The van der Waals surface area contributed by atoms with Crippen LogP contribution >= 0.6 is 15.9 Å². The maximum Gasteiger partial charge on any atom is 0.0399 e. The summed E-state index contributed by atoms with van der Waals surface area (Å²) < 4.78 is 1.18. The van der Waals surface area contributed by atoms with Crippen LogP contribution in [0.3, 0.4) is 0 Å². The van der Waals surface area contributed by atoms with E-state index in [0.717, 1.165) is 13.0 Å². The van der Waals surface area contributed by atoms with Crippen LogP contribution in [-0.2, 0) is 6.42 Å². The smallest absolute Gasteiger partial charge is 0.0399 e. The van der Waals surface area contributed by atoms with Gasteiger partial charge in [-0.1, -0.05) is 36.7 Å². The highest BCUT2D eigenvalue weighted by molar-refractivity contribution is 9.10. The molecule has 0 amide bonds. The number of benzene rings is 1. The molecule has 106 valence electrons. The number of aryl methyl sites for hydroxylation is 1. The number of rotatable bonds is 4. The molecule has 3 heteroatoms. The SMILES string of the molecule is CCc1cc(Br)ccc1N1CCCC(NC(C)C)C1. The Morgan fingerprint density at radius 2 is 2.21 bits per heavy atom. The van der Waals surface area contributed by atoms with E-state index in [2.05, 4.69) is 65.1 Å². The van der Waals surface area contributed by atoms with Gasteiger partial charge >= 0.3 is 0 Å². The van der Waals surface area contributed by atoms with Crippen LogP contribution in [0.25, 0.3) is 0 Å². The third-order valence-corrected chi connectivity index (χ3v) is 4.25. The minimum Gasteiger partial charge on any atom is -0.370 e.